The molecule has 0 spiro atoms. The van der Waals surface area contributed by atoms with Gasteiger partial charge in [0.25, 0.3) is 0 Å². The number of anilines is 1. The zero-order chi connectivity index (χ0) is 9.80. The second-order valence-corrected chi connectivity index (χ2v) is 3.61. The number of pyridine rings is 1. The van der Waals surface area contributed by atoms with Crippen LogP contribution in [0.25, 0.3) is 0 Å². The molecule has 2 rings (SSSR count). The van der Waals surface area contributed by atoms with Gasteiger partial charge in [0.2, 0.25) is 6.29 Å². The molecule has 73 valence electrons. The number of aromatic nitrogens is 1. The zero-order valence-electron chi connectivity index (χ0n) is 8.02. The van der Waals surface area contributed by atoms with Crippen molar-refractivity contribution in [1.82, 2.24) is 4.98 Å². The van der Waals surface area contributed by atoms with Gasteiger partial charge >= 0.3 is 0 Å². The van der Waals surface area contributed by atoms with Crippen molar-refractivity contribution >= 4 is 12.0 Å². The predicted octanol–water partition coefficient (Wildman–Crippen LogP) is 1.41. The van der Waals surface area contributed by atoms with Gasteiger partial charge in [-0.15, -0.1) is 0 Å². The van der Waals surface area contributed by atoms with Gasteiger partial charge in [0.1, 0.15) is 0 Å². The van der Waals surface area contributed by atoms with E-state index < -0.39 is 0 Å². The van der Waals surface area contributed by atoms with E-state index in [2.05, 4.69) is 16.2 Å². The fourth-order valence-corrected chi connectivity index (χ4v) is 1.86. The second kappa shape index (κ2) is 4.22. The summed E-state index contributed by atoms with van der Waals surface area (Å²) < 4.78 is 0. The second-order valence-electron chi connectivity index (χ2n) is 3.61. The number of hydrogen-bond acceptors (Lipinski definition) is 3. The summed E-state index contributed by atoms with van der Waals surface area (Å²) in [4.78, 5) is 16.8. The summed E-state index contributed by atoms with van der Waals surface area (Å²) in [7, 11) is 0. The van der Waals surface area contributed by atoms with E-state index in [1.54, 1.807) is 12.4 Å². The third kappa shape index (κ3) is 1.92. The summed E-state index contributed by atoms with van der Waals surface area (Å²) in [5.74, 6) is 0.0805. The lowest BCUT2D eigenvalue weighted by atomic mass is 9.99. The standard InChI is InChI=1S/C11H13N2O/c14-9-10-2-1-7-13(8-10)11-3-5-12-6-4-11/h3-6,10H,1-2,7-8H2. The number of rotatable bonds is 2. The van der Waals surface area contributed by atoms with E-state index in [-0.39, 0.29) is 5.92 Å². The van der Waals surface area contributed by atoms with Crippen LogP contribution < -0.4 is 4.90 Å². The minimum Gasteiger partial charge on any atom is -0.371 e. The minimum atomic E-state index is 0.0805. The summed E-state index contributed by atoms with van der Waals surface area (Å²) in [6.07, 6.45) is 7.71. The minimum absolute atomic E-state index is 0.0805. The van der Waals surface area contributed by atoms with Crippen molar-refractivity contribution in [3.05, 3.63) is 24.5 Å². The van der Waals surface area contributed by atoms with Gasteiger partial charge in [-0.05, 0) is 25.0 Å². The molecular formula is C11H13N2O. The lowest BCUT2D eigenvalue weighted by molar-refractivity contribution is 0.463. The van der Waals surface area contributed by atoms with E-state index in [1.165, 1.54) is 0 Å². The van der Waals surface area contributed by atoms with E-state index in [0.717, 1.165) is 31.6 Å². The van der Waals surface area contributed by atoms with Crippen molar-refractivity contribution in [3.63, 3.8) is 0 Å². The van der Waals surface area contributed by atoms with E-state index in [9.17, 15) is 4.79 Å². The van der Waals surface area contributed by atoms with Gasteiger partial charge < -0.3 is 4.90 Å². The molecule has 0 aromatic carbocycles. The Hall–Kier alpha value is -1.38. The van der Waals surface area contributed by atoms with Gasteiger partial charge in [0.15, 0.2) is 0 Å². The third-order valence-electron chi connectivity index (χ3n) is 2.62. The molecule has 0 saturated carbocycles. The Morgan fingerprint density at radius 3 is 2.93 bits per heavy atom. The summed E-state index contributed by atoms with van der Waals surface area (Å²) in [6.45, 7) is 1.83. The summed E-state index contributed by atoms with van der Waals surface area (Å²) in [5.41, 5.74) is 1.15. The SMILES string of the molecule is O=[C]C1CCCN(c2ccncc2)C1. The van der Waals surface area contributed by atoms with E-state index in [0.29, 0.717) is 0 Å². The van der Waals surface area contributed by atoms with Gasteiger partial charge in [-0.25, -0.2) is 0 Å². The molecule has 1 atom stereocenters. The maximum atomic E-state index is 10.6. The summed E-state index contributed by atoms with van der Waals surface area (Å²) >= 11 is 0. The molecule has 2 heterocycles. The highest BCUT2D eigenvalue weighted by Gasteiger charge is 2.19. The molecule has 1 aromatic rings. The van der Waals surface area contributed by atoms with Crippen LogP contribution in [-0.2, 0) is 4.79 Å². The summed E-state index contributed by atoms with van der Waals surface area (Å²) in [5, 5.41) is 0. The van der Waals surface area contributed by atoms with Crippen LogP contribution in [0, 0.1) is 5.92 Å². The molecule has 1 saturated heterocycles. The van der Waals surface area contributed by atoms with Crippen molar-refractivity contribution in [2.75, 3.05) is 18.0 Å². The van der Waals surface area contributed by atoms with Crippen LogP contribution in [0.5, 0.6) is 0 Å². The molecule has 0 aliphatic carbocycles. The molecule has 3 heteroatoms. The Morgan fingerprint density at radius 2 is 2.21 bits per heavy atom. The van der Waals surface area contributed by atoms with E-state index in [4.69, 9.17) is 0 Å². The molecule has 0 amide bonds. The van der Waals surface area contributed by atoms with Crippen molar-refractivity contribution in [3.8, 4) is 0 Å². The highest BCUT2D eigenvalue weighted by Crippen LogP contribution is 2.20. The highest BCUT2D eigenvalue weighted by molar-refractivity contribution is 5.57. The molecular weight excluding hydrogens is 176 g/mol. The Labute approximate surface area is 83.8 Å². The Bertz CT molecular complexity index is 299. The molecule has 1 radical (unpaired) electrons. The lowest BCUT2D eigenvalue weighted by Gasteiger charge is -2.31. The Morgan fingerprint density at radius 1 is 1.43 bits per heavy atom. The number of piperidine rings is 1. The molecule has 14 heavy (non-hydrogen) atoms. The molecule has 0 N–H and O–H groups in total. The smallest absolute Gasteiger partial charge is 0.203 e. The quantitative estimate of drug-likeness (QED) is 0.705. The average Bonchev–Trinajstić information content (AvgIpc) is 2.30. The first-order valence-corrected chi connectivity index (χ1v) is 4.93. The van der Waals surface area contributed by atoms with Gasteiger partial charge in [-0.2, -0.15) is 0 Å². The monoisotopic (exact) mass is 189 g/mol. The predicted molar refractivity (Wildman–Crippen MR) is 54.9 cm³/mol. The fraction of sp³-hybridized carbons (Fsp3) is 0.455. The Balaban J connectivity index is 2.08. The number of carbonyl (C=O) groups excluding carboxylic acids is 1. The molecule has 3 nitrogen and oxygen atoms in total. The first kappa shape index (κ1) is 9.19. The average molecular weight is 189 g/mol. The van der Waals surface area contributed by atoms with Crippen molar-refractivity contribution in [2.45, 2.75) is 12.8 Å². The van der Waals surface area contributed by atoms with Crippen LogP contribution >= 0.6 is 0 Å². The topological polar surface area (TPSA) is 33.2 Å². The molecule has 1 aromatic heterocycles. The number of hydrogen-bond donors (Lipinski definition) is 0. The van der Waals surface area contributed by atoms with Gasteiger partial charge in [-0.1, -0.05) is 0 Å². The van der Waals surface area contributed by atoms with Crippen LogP contribution in [0.3, 0.4) is 0 Å². The van der Waals surface area contributed by atoms with Crippen molar-refractivity contribution < 1.29 is 4.79 Å². The fourth-order valence-electron chi connectivity index (χ4n) is 1.86. The normalized spacial score (nSPS) is 22.0. The molecule has 1 aliphatic rings. The van der Waals surface area contributed by atoms with Gasteiger partial charge in [-0.3, -0.25) is 9.78 Å². The molecule has 1 unspecified atom stereocenters. The maximum Gasteiger partial charge on any atom is 0.203 e. The van der Waals surface area contributed by atoms with Gasteiger partial charge in [0, 0.05) is 37.1 Å². The van der Waals surface area contributed by atoms with Crippen LogP contribution in [-0.4, -0.2) is 24.4 Å². The highest BCUT2D eigenvalue weighted by atomic mass is 16.1. The largest absolute Gasteiger partial charge is 0.371 e. The lowest BCUT2D eigenvalue weighted by Crippen LogP contribution is -2.35. The molecule has 1 aliphatic heterocycles. The Kier molecular flexibility index (Phi) is 2.77. The van der Waals surface area contributed by atoms with Crippen LogP contribution in [0.4, 0.5) is 5.69 Å². The first-order chi connectivity index (χ1) is 6.90. The van der Waals surface area contributed by atoms with Gasteiger partial charge in [0.05, 0.1) is 0 Å². The van der Waals surface area contributed by atoms with Crippen molar-refractivity contribution in [2.24, 2.45) is 5.92 Å². The van der Waals surface area contributed by atoms with Crippen LogP contribution in [0.15, 0.2) is 24.5 Å². The van der Waals surface area contributed by atoms with Crippen molar-refractivity contribution in [1.29, 1.82) is 0 Å². The summed E-state index contributed by atoms with van der Waals surface area (Å²) in [6, 6.07) is 3.96. The van der Waals surface area contributed by atoms with Crippen LogP contribution in [0.2, 0.25) is 0 Å². The third-order valence-corrected chi connectivity index (χ3v) is 2.62. The molecule has 1 fully saturated rings. The van der Waals surface area contributed by atoms with E-state index in [1.807, 2.05) is 12.1 Å². The maximum absolute atomic E-state index is 10.6. The molecule has 0 bridgehead atoms. The van der Waals surface area contributed by atoms with Crippen LogP contribution in [0.1, 0.15) is 12.8 Å². The first-order valence-electron chi connectivity index (χ1n) is 4.93. The number of nitrogens with zero attached hydrogens (tertiary/aromatic N) is 2. The zero-order valence-corrected chi connectivity index (χ0v) is 8.02. The van der Waals surface area contributed by atoms with E-state index >= 15 is 0 Å².